The third-order valence-electron chi connectivity index (χ3n) is 3.29. The van der Waals surface area contributed by atoms with E-state index in [2.05, 4.69) is 38.0 Å². The predicted octanol–water partition coefficient (Wildman–Crippen LogP) is 1.08. The quantitative estimate of drug-likeness (QED) is 0.735. The number of aliphatic hydroxyl groups is 1. The Hall–Kier alpha value is -0.120. The van der Waals surface area contributed by atoms with E-state index in [1.165, 1.54) is 13.0 Å². The van der Waals surface area contributed by atoms with Gasteiger partial charge in [0.2, 0.25) is 0 Å². The van der Waals surface area contributed by atoms with Gasteiger partial charge in [0.15, 0.2) is 0 Å². The van der Waals surface area contributed by atoms with Gasteiger partial charge in [0.05, 0.1) is 0 Å². The van der Waals surface area contributed by atoms with E-state index in [0.29, 0.717) is 12.1 Å². The van der Waals surface area contributed by atoms with Crippen molar-refractivity contribution < 1.29 is 5.11 Å². The Balaban J connectivity index is 2.44. The summed E-state index contributed by atoms with van der Waals surface area (Å²) in [7, 11) is 2.17. The molecule has 1 aliphatic heterocycles. The second-order valence-electron chi connectivity index (χ2n) is 5.85. The Morgan fingerprint density at radius 1 is 1.47 bits per heavy atom. The fourth-order valence-corrected chi connectivity index (χ4v) is 2.25. The van der Waals surface area contributed by atoms with Gasteiger partial charge in [0, 0.05) is 25.2 Å². The van der Waals surface area contributed by atoms with Gasteiger partial charge in [-0.05, 0) is 31.8 Å². The minimum Gasteiger partial charge on any atom is -0.396 e. The number of aliphatic hydroxyl groups excluding tert-OH is 1. The van der Waals surface area contributed by atoms with Gasteiger partial charge in [-0.2, -0.15) is 0 Å². The molecule has 0 amide bonds. The molecule has 0 bridgehead atoms. The monoisotopic (exact) mass is 214 g/mol. The first-order valence-corrected chi connectivity index (χ1v) is 5.99. The molecule has 0 saturated carbocycles. The number of rotatable bonds is 4. The first kappa shape index (κ1) is 12.9. The number of hydrogen-bond donors (Lipinski definition) is 2. The van der Waals surface area contributed by atoms with Crippen LogP contribution >= 0.6 is 0 Å². The molecule has 1 rings (SSSR count). The molecule has 2 N–H and O–H groups in total. The molecule has 3 nitrogen and oxygen atoms in total. The lowest BCUT2D eigenvalue weighted by Gasteiger charge is -2.33. The summed E-state index contributed by atoms with van der Waals surface area (Å²) in [4.78, 5) is 2.36. The van der Waals surface area contributed by atoms with Gasteiger partial charge >= 0.3 is 0 Å². The fourth-order valence-electron chi connectivity index (χ4n) is 2.25. The highest BCUT2D eigenvalue weighted by atomic mass is 16.3. The summed E-state index contributed by atoms with van der Waals surface area (Å²) in [6, 6.07) is 1.02. The zero-order valence-electron chi connectivity index (χ0n) is 10.6. The molecule has 1 saturated heterocycles. The topological polar surface area (TPSA) is 35.5 Å². The van der Waals surface area contributed by atoms with Crippen molar-refractivity contribution in [3.05, 3.63) is 0 Å². The Labute approximate surface area is 93.9 Å². The van der Waals surface area contributed by atoms with Crippen molar-refractivity contribution >= 4 is 0 Å². The molecule has 2 unspecified atom stereocenters. The normalized spacial score (nSPS) is 25.8. The summed E-state index contributed by atoms with van der Waals surface area (Å²) in [5.74, 6) is 0. The van der Waals surface area contributed by atoms with E-state index < -0.39 is 0 Å². The second-order valence-corrected chi connectivity index (χ2v) is 5.85. The van der Waals surface area contributed by atoms with Crippen LogP contribution in [0.15, 0.2) is 0 Å². The first-order chi connectivity index (χ1) is 6.93. The van der Waals surface area contributed by atoms with E-state index in [9.17, 15) is 0 Å². The molecule has 1 fully saturated rings. The van der Waals surface area contributed by atoms with E-state index in [4.69, 9.17) is 5.11 Å². The van der Waals surface area contributed by atoms with Crippen LogP contribution < -0.4 is 5.32 Å². The number of nitrogens with one attached hydrogen (secondary N) is 1. The summed E-state index contributed by atoms with van der Waals surface area (Å²) in [6.07, 6.45) is 2.08. The van der Waals surface area contributed by atoms with Crippen LogP contribution in [0.3, 0.4) is 0 Å². The van der Waals surface area contributed by atoms with E-state index >= 15 is 0 Å². The third-order valence-corrected chi connectivity index (χ3v) is 3.29. The molecular weight excluding hydrogens is 188 g/mol. The fraction of sp³-hybridized carbons (Fsp3) is 1.00. The van der Waals surface area contributed by atoms with Crippen LogP contribution in [0.4, 0.5) is 0 Å². The molecule has 1 aliphatic rings. The predicted molar refractivity (Wildman–Crippen MR) is 64.0 cm³/mol. The highest BCUT2D eigenvalue weighted by molar-refractivity contribution is 4.87. The van der Waals surface area contributed by atoms with E-state index in [1.54, 1.807) is 0 Å². The van der Waals surface area contributed by atoms with Crippen molar-refractivity contribution in [2.45, 2.75) is 45.7 Å². The molecule has 0 aromatic rings. The van der Waals surface area contributed by atoms with Crippen molar-refractivity contribution in [3.8, 4) is 0 Å². The highest BCUT2D eigenvalue weighted by Gasteiger charge is 2.28. The molecule has 1 heterocycles. The van der Waals surface area contributed by atoms with Gasteiger partial charge in [-0.1, -0.05) is 20.8 Å². The van der Waals surface area contributed by atoms with Crippen molar-refractivity contribution in [1.29, 1.82) is 0 Å². The lowest BCUT2D eigenvalue weighted by Crippen LogP contribution is -2.47. The van der Waals surface area contributed by atoms with Crippen LogP contribution in [-0.2, 0) is 0 Å². The maximum atomic E-state index is 9.08. The molecule has 0 aromatic heterocycles. The first-order valence-electron chi connectivity index (χ1n) is 5.99. The maximum absolute atomic E-state index is 9.08. The second kappa shape index (κ2) is 5.28. The SMILES string of the molecule is CN1CCC(NC(CCO)C(C)(C)C)C1. The van der Waals surface area contributed by atoms with Gasteiger partial charge < -0.3 is 15.3 Å². The van der Waals surface area contributed by atoms with Crippen molar-refractivity contribution in [1.82, 2.24) is 10.2 Å². The molecule has 0 aliphatic carbocycles. The minimum atomic E-state index is 0.226. The summed E-state index contributed by atoms with van der Waals surface area (Å²) < 4.78 is 0. The van der Waals surface area contributed by atoms with Gasteiger partial charge in [-0.25, -0.2) is 0 Å². The summed E-state index contributed by atoms with van der Waals surface area (Å²) >= 11 is 0. The minimum absolute atomic E-state index is 0.226. The lowest BCUT2D eigenvalue weighted by molar-refractivity contribution is 0.185. The van der Waals surface area contributed by atoms with Gasteiger partial charge in [0.1, 0.15) is 0 Å². The molecule has 0 spiro atoms. The summed E-state index contributed by atoms with van der Waals surface area (Å²) in [5, 5.41) is 12.8. The zero-order chi connectivity index (χ0) is 11.5. The van der Waals surface area contributed by atoms with E-state index in [-0.39, 0.29) is 12.0 Å². The van der Waals surface area contributed by atoms with Crippen LogP contribution in [0.1, 0.15) is 33.6 Å². The van der Waals surface area contributed by atoms with Gasteiger partial charge in [-0.3, -0.25) is 0 Å². The summed E-state index contributed by atoms with van der Waals surface area (Å²) in [5.41, 5.74) is 0.226. The van der Waals surface area contributed by atoms with Crippen molar-refractivity contribution in [2.24, 2.45) is 5.41 Å². The van der Waals surface area contributed by atoms with Crippen LogP contribution in [0.5, 0.6) is 0 Å². The molecule has 2 atom stereocenters. The Bertz CT molecular complexity index is 189. The average molecular weight is 214 g/mol. The van der Waals surface area contributed by atoms with Crippen LogP contribution in [0, 0.1) is 5.41 Å². The van der Waals surface area contributed by atoms with Crippen LogP contribution in [0.2, 0.25) is 0 Å². The van der Waals surface area contributed by atoms with E-state index in [1.807, 2.05) is 0 Å². The molecular formula is C12H26N2O. The maximum Gasteiger partial charge on any atom is 0.0446 e. The molecule has 3 heteroatoms. The molecule has 0 aromatic carbocycles. The van der Waals surface area contributed by atoms with Crippen LogP contribution in [0.25, 0.3) is 0 Å². The van der Waals surface area contributed by atoms with E-state index in [0.717, 1.165) is 13.0 Å². The molecule has 15 heavy (non-hydrogen) atoms. The Morgan fingerprint density at radius 2 is 2.13 bits per heavy atom. The Morgan fingerprint density at radius 3 is 2.53 bits per heavy atom. The van der Waals surface area contributed by atoms with Gasteiger partial charge in [0.25, 0.3) is 0 Å². The van der Waals surface area contributed by atoms with Crippen molar-refractivity contribution in [3.63, 3.8) is 0 Å². The zero-order valence-corrected chi connectivity index (χ0v) is 10.6. The number of nitrogens with zero attached hydrogens (tertiary/aromatic N) is 1. The lowest BCUT2D eigenvalue weighted by atomic mass is 9.84. The van der Waals surface area contributed by atoms with Crippen LogP contribution in [-0.4, -0.2) is 48.8 Å². The average Bonchev–Trinajstić information content (AvgIpc) is 2.49. The Kier molecular flexibility index (Phi) is 4.56. The molecule has 0 radical (unpaired) electrons. The largest absolute Gasteiger partial charge is 0.396 e. The standard InChI is InChI=1S/C12H26N2O/c1-12(2,3)11(6-8-15)13-10-5-7-14(4)9-10/h10-11,13,15H,5-9H2,1-4H3. The summed E-state index contributed by atoms with van der Waals surface area (Å²) in [6.45, 7) is 9.31. The smallest absolute Gasteiger partial charge is 0.0446 e. The van der Waals surface area contributed by atoms with Crippen molar-refractivity contribution in [2.75, 3.05) is 26.7 Å². The third kappa shape index (κ3) is 4.09. The molecule has 90 valence electrons. The number of likely N-dealkylation sites (N-methyl/N-ethyl adjacent to an activating group) is 1. The van der Waals surface area contributed by atoms with Gasteiger partial charge in [-0.15, -0.1) is 0 Å². The number of hydrogen-bond acceptors (Lipinski definition) is 3. The highest BCUT2D eigenvalue weighted by Crippen LogP contribution is 2.23. The number of likely N-dealkylation sites (tertiary alicyclic amines) is 1.